The predicted octanol–water partition coefficient (Wildman–Crippen LogP) is 3.55. The van der Waals surface area contributed by atoms with E-state index in [2.05, 4.69) is 5.32 Å². The van der Waals surface area contributed by atoms with Crippen LogP contribution in [-0.4, -0.2) is 46.9 Å². The second-order valence-corrected chi connectivity index (χ2v) is 5.91. The first kappa shape index (κ1) is 22.6. The standard InChI is InChI=1S/C22H25NO7/c1-6-30-22(25)15-12-19(28-4)20(29-5)13-16(15)23-21(24)10-8-14-7-9-17(26-2)18(11-14)27-3/h7-13H,6H2,1-5H3,(H,23,24)/b10-8-. The fourth-order valence-electron chi connectivity index (χ4n) is 2.66. The zero-order valence-corrected chi connectivity index (χ0v) is 17.6. The molecule has 0 heterocycles. The lowest BCUT2D eigenvalue weighted by molar-refractivity contribution is -0.111. The molecule has 0 spiro atoms. The molecule has 8 nitrogen and oxygen atoms in total. The van der Waals surface area contributed by atoms with E-state index in [9.17, 15) is 9.59 Å². The van der Waals surface area contributed by atoms with Gasteiger partial charge in [-0.1, -0.05) is 6.07 Å². The van der Waals surface area contributed by atoms with Crippen LogP contribution in [0.25, 0.3) is 6.08 Å². The molecular weight excluding hydrogens is 390 g/mol. The van der Waals surface area contributed by atoms with Gasteiger partial charge in [0.1, 0.15) is 0 Å². The first-order chi connectivity index (χ1) is 14.5. The lowest BCUT2D eigenvalue weighted by Gasteiger charge is -2.14. The van der Waals surface area contributed by atoms with E-state index < -0.39 is 11.9 Å². The van der Waals surface area contributed by atoms with Gasteiger partial charge in [0, 0.05) is 18.2 Å². The highest BCUT2D eigenvalue weighted by Crippen LogP contribution is 2.34. The average Bonchev–Trinajstić information content (AvgIpc) is 2.77. The molecule has 8 heteroatoms. The van der Waals surface area contributed by atoms with Crippen LogP contribution >= 0.6 is 0 Å². The van der Waals surface area contributed by atoms with Crippen LogP contribution in [0.4, 0.5) is 5.69 Å². The summed E-state index contributed by atoms with van der Waals surface area (Å²) in [6.07, 6.45) is 2.95. The van der Waals surface area contributed by atoms with Gasteiger partial charge in [0.15, 0.2) is 23.0 Å². The Balaban J connectivity index is 2.28. The van der Waals surface area contributed by atoms with E-state index >= 15 is 0 Å². The summed E-state index contributed by atoms with van der Waals surface area (Å²) in [7, 11) is 6.00. The molecule has 0 saturated carbocycles. The molecule has 0 aromatic heterocycles. The van der Waals surface area contributed by atoms with Gasteiger partial charge in [-0.25, -0.2) is 4.79 Å². The van der Waals surface area contributed by atoms with Crippen LogP contribution in [0.1, 0.15) is 22.8 Å². The summed E-state index contributed by atoms with van der Waals surface area (Å²) in [4.78, 5) is 24.8. The van der Waals surface area contributed by atoms with Crippen molar-refractivity contribution in [2.45, 2.75) is 6.92 Å². The third-order valence-corrected chi connectivity index (χ3v) is 4.11. The monoisotopic (exact) mass is 415 g/mol. The molecule has 0 saturated heterocycles. The molecule has 160 valence electrons. The van der Waals surface area contributed by atoms with Gasteiger partial charge >= 0.3 is 5.97 Å². The summed E-state index contributed by atoms with van der Waals surface area (Å²) in [6.45, 7) is 1.89. The van der Waals surface area contributed by atoms with E-state index in [1.807, 2.05) is 0 Å². The van der Waals surface area contributed by atoms with Gasteiger partial charge < -0.3 is 29.0 Å². The Bertz CT molecular complexity index is 937. The SMILES string of the molecule is CCOC(=O)c1cc(OC)c(OC)cc1NC(=O)/C=C\c1ccc(OC)c(OC)c1. The maximum Gasteiger partial charge on any atom is 0.340 e. The molecule has 0 unspecified atom stereocenters. The van der Waals surface area contributed by atoms with Crippen molar-refractivity contribution in [1.82, 2.24) is 0 Å². The summed E-state index contributed by atoms with van der Waals surface area (Å²) in [5.74, 6) is 0.817. The Morgan fingerprint density at radius 3 is 2.07 bits per heavy atom. The van der Waals surface area contributed by atoms with Crippen LogP contribution < -0.4 is 24.3 Å². The van der Waals surface area contributed by atoms with Gasteiger partial charge in [0.2, 0.25) is 5.91 Å². The molecular formula is C22H25NO7. The second kappa shape index (κ2) is 10.8. The lowest BCUT2D eigenvalue weighted by atomic mass is 10.1. The Morgan fingerprint density at radius 1 is 0.867 bits per heavy atom. The summed E-state index contributed by atoms with van der Waals surface area (Å²) >= 11 is 0. The molecule has 1 N–H and O–H groups in total. The minimum atomic E-state index is -0.586. The Hall–Kier alpha value is -3.68. The van der Waals surface area contributed by atoms with Gasteiger partial charge in [-0.2, -0.15) is 0 Å². The highest BCUT2D eigenvalue weighted by molar-refractivity contribution is 6.07. The van der Waals surface area contributed by atoms with E-state index in [1.165, 1.54) is 39.5 Å². The summed E-state index contributed by atoms with van der Waals surface area (Å²) < 4.78 is 26.0. The molecule has 2 aromatic rings. The summed E-state index contributed by atoms with van der Waals surface area (Å²) in [5.41, 5.74) is 1.14. The zero-order chi connectivity index (χ0) is 22.1. The fourth-order valence-corrected chi connectivity index (χ4v) is 2.66. The molecule has 0 bridgehead atoms. The van der Waals surface area contributed by atoms with Crippen molar-refractivity contribution in [2.75, 3.05) is 40.4 Å². The Kier molecular flexibility index (Phi) is 8.10. The lowest BCUT2D eigenvalue weighted by Crippen LogP contribution is -2.14. The largest absolute Gasteiger partial charge is 0.493 e. The number of carbonyl (C=O) groups is 2. The highest BCUT2D eigenvalue weighted by Gasteiger charge is 2.19. The third-order valence-electron chi connectivity index (χ3n) is 4.11. The second-order valence-electron chi connectivity index (χ2n) is 5.91. The van der Waals surface area contributed by atoms with Crippen molar-refractivity contribution in [1.29, 1.82) is 0 Å². The molecule has 30 heavy (non-hydrogen) atoms. The van der Waals surface area contributed by atoms with Crippen molar-refractivity contribution < 1.29 is 33.3 Å². The van der Waals surface area contributed by atoms with Crippen molar-refractivity contribution >= 4 is 23.6 Å². The number of rotatable bonds is 9. The van der Waals surface area contributed by atoms with Crippen LogP contribution in [0.5, 0.6) is 23.0 Å². The number of ether oxygens (including phenoxy) is 5. The number of hydrogen-bond acceptors (Lipinski definition) is 7. The minimum absolute atomic E-state index is 0.155. The van der Waals surface area contributed by atoms with E-state index in [0.29, 0.717) is 23.0 Å². The molecule has 0 aliphatic rings. The number of anilines is 1. The Labute approximate surface area is 175 Å². The number of carbonyl (C=O) groups excluding carboxylic acids is 2. The summed E-state index contributed by atoms with van der Waals surface area (Å²) in [6, 6.07) is 8.23. The van der Waals surface area contributed by atoms with E-state index in [4.69, 9.17) is 23.7 Å². The first-order valence-corrected chi connectivity index (χ1v) is 9.11. The van der Waals surface area contributed by atoms with Gasteiger partial charge in [-0.15, -0.1) is 0 Å². The number of nitrogens with one attached hydrogen (secondary N) is 1. The molecule has 1 amide bonds. The summed E-state index contributed by atoms with van der Waals surface area (Å²) in [5, 5.41) is 2.68. The molecule has 2 rings (SSSR count). The molecule has 0 radical (unpaired) electrons. The highest BCUT2D eigenvalue weighted by atomic mass is 16.5. The molecule has 0 aliphatic carbocycles. The molecule has 2 aromatic carbocycles. The van der Waals surface area contributed by atoms with Crippen LogP contribution in [-0.2, 0) is 9.53 Å². The number of benzene rings is 2. The van der Waals surface area contributed by atoms with E-state index in [0.717, 1.165) is 5.56 Å². The number of esters is 1. The fraction of sp³-hybridized carbons (Fsp3) is 0.273. The smallest absolute Gasteiger partial charge is 0.340 e. The van der Waals surface area contributed by atoms with Crippen LogP contribution in [0.3, 0.4) is 0 Å². The van der Waals surface area contributed by atoms with Gasteiger partial charge in [-0.05, 0) is 30.7 Å². The van der Waals surface area contributed by atoms with Crippen molar-refractivity contribution in [3.8, 4) is 23.0 Å². The first-order valence-electron chi connectivity index (χ1n) is 9.11. The zero-order valence-electron chi connectivity index (χ0n) is 17.6. The maximum absolute atomic E-state index is 12.5. The number of hydrogen-bond donors (Lipinski definition) is 1. The molecule has 0 aliphatic heterocycles. The van der Waals surface area contributed by atoms with E-state index in [-0.39, 0.29) is 17.9 Å². The van der Waals surface area contributed by atoms with Gasteiger partial charge in [-0.3, -0.25) is 4.79 Å². The number of methoxy groups -OCH3 is 4. The minimum Gasteiger partial charge on any atom is -0.493 e. The topological polar surface area (TPSA) is 92.3 Å². The van der Waals surface area contributed by atoms with E-state index in [1.54, 1.807) is 38.3 Å². The normalized spacial score (nSPS) is 10.4. The third kappa shape index (κ3) is 5.44. The molecule has 0 atom stereocenters. The quantitative estimate of drug-likeness (QED) is 0.495. The van der Waals surface area contributed by atoms with Crippen molar-refractivity contribution in [3.05, 3.63) is 47.5 Å². The van der Waals surface area contributed by atoms with Gasteiger partial charge in [0.25, 0.3) is 0 Å². The van der Waals surface area contributed by atoms with Crippen LogP contribution in [0.15, 0.2) is 36.4 Å². The van der Waals surface area contributed by atoms with Crippen molar-refractivity contribution in [2.24, 2.45) is 0 Å². The van der Waals surface area contributed by atoms with Crippen molar-refractivity contribution in [3.63, 3.8) is 0 Å². The molecule has 0 fully saturated rings. The van der Waals surface area contributed by atoms with Crippen LogP contribution in [0, 0.1) is 0 Å². The van der Waals surface area contributed by atoms with Crippen LogP contribution in [0.2, 0.25) is 0 Å². The maximum atomic E-state index is 12.5. The van der Waals surface area contributed by atoms with Gasteiger partial charge in [0.05, 0.1) is 46.3 Å². The predicted molar refractivity (Wildman–Crippen MR) is 113 cm³/mol. The Morgan fingerprint density at radius 2 is 1.47 bits per heavy atom. The average molecular weight is 415 g/mol. The number of amides is 1.